The summed E-state index contributed by atoms with van der Waals surface area (Å²) in [6.07, 6.45) is -0.976. The van der Waals surface area contributed by atoms with Crippen molar-refractivity contribution in [2.75, 3.05) is 24.3 Å². The predicted octanol–water partition coefficient (Wildman–Crippen LogP) is 3.08. The number of nitrogens with zero attached hydrogens (tertiary/aromatic N) is 1. The van der Waals surface area contributed by atoms with E-state index in [9.17, 15) is 14.0 Å². The number of carbonyl (C=O) groups excluding carboxylic acids is 2. The topological polar surface area (TPSA) is 58.6 Å². The molecule has 0 saturated heterocycles. The van der Waals surface area contributed by atoms with Gasteiger partial charge < -0.3 is 15.0 Å². The van der Waals surface area contributed by atoms with Gasteiger partial charge >= 0.3 is 5.97 Å². The Kier molecular flexibility index (Phi) is 5.52. The monoisotopic (exact) mass is 330 g/mol. The summed E-state index contributed by atoms with van der Waals surface area (Å²) in [5, 5.41) is 2.68. The highest BCUT2D eigenvalue weighted by Crippen LogP contribution is 2.16. The van der Waals surface area contributed by atoms with Gasteiger partial charge in [0, 0.05) is 25.5 Å². The second-order valence-corrected chi connectivity index (χ2v) is 5.48. The molecule has 2 rings (SSSR count). The van der Waals surface area contributed by atoms with Crippen LogP contribution in [-0.2, 0) is 9.53 Å². The largest absolute Gasteiger partial charge is 0.449 e. The second kappa shape index (κ2) is 7.59. The minimum Gasteiger partial charge on any atom is -0.449 e. The van der Waals surface area contributed by atoms with E-state index in [-0.39, 0.29) is 5.56 Å². The fourth-order valence-corrected chi connectivity index (χ4v) is 1.95. The third-order valence-electron chi connectivity index (χ3n) is 3.38. The van der Waals surface area contributed by atoms with E-state index in [0.29, 0.717) is 5.69 Å². The molecule has 1 atom stereocenters. The van der Waals surface area contributed by atoms with Crippen LogP contribution in [0, 0.1) is 5.82 Å². The van der Waals surface area contributed by atoms with Crippen molar-refractivity contribution in [3.63, 3.8) is 0 Å². The first-order chi connectivity index (χ1) is 11.4. The van der Waals surface area contributed by atoms with Gasteiger partial charge in [-0.05, 0) is 55.5 Å². The minimum atomic E-state index is -0.976. The second-order valence-electron chi connectivity index (χ2n) is 5.48. The number of hydrogen-bond donors (Lipinski definition) is 1. The fourth-order valence-electron chi connectivity index (χ4n) is 1.95. The number of ether oxygens (including phenoxy) is 1. The zero-order valence-electron chi connectivity index (χ0n) is 13.7. The molecule has 0 saturated carbocycles. The molecule has 0 unspecified atom stereocenters. The first kappa shape index (κ1) is 17.5. The third-order valence-corrected chi connectivity index (χ3v) is 3.38. The molecule has 0 bridgehead atoms. The average Bonchev–Trinajstić information content (AvgIpc) is 2.55. The fraction of sp³-hybridized carbons (Fsp3) is 0.222. The number of rotatable bonds is 5. The van der Waals surface area contributed by atoms with E-state index in [1.54, 1.807) is 12.1 Å². The zero-order valence-corrected chi connectivity index (χ0v) is 13.7. The molecule has 24 heavy (non-hydrogen) atoms. The minimum absolute atomic E-state index is 0.186. The van der Waals surface area contributed by atoms with Gasteiger partial charge in [-0.1, -0.05) is 0 Å². The zero-order chi connectivity index (χ0) is 17.7. The molecular weight excluding hydrogens is 311 g/mol. The van der Waals surface area contributed by atoms with Gasteiger partial charge in [-0.3, -0.25) is 4.79 Å². The lowest BCUT2D eigenvalue weighted by Crippen LogP contribution is -2.30. The molecule has 0 spiro atoms. The maximum Gasteiger partial charge on any atom is 0.338 e. The quantitative estimate of drug-likeness (QED) is 0.856. The van der Waals surface area contributed by atoms with Crippen LogP contribution in [0.4, 0.5) is 15.8 Å². The average molecular weight is 330 g/mol. The van der Waals surface area contributed by atoms with E-state index in [1.165, 1.54) is 19.1 Å². The Labute approximate surface area is 140 Å². The highest BCUT2D eigenvalue weighted by atomic mass is 19.1. The first-order valence-corrected chi connectivity index (χ1v) is 7.41. The van der Waals surface area contributed by atoms with Crippen LogP contribution in [0.3, 0.4) is 0 Å². The number of esters is 1. The summed E-state index contributed by atoms with van der Waals surface area (Å²) in [7, 11) is 3.84. The number of benzene rings is 2. The third kappa shape index (κ3) is 4.55. The molecule has 6 heteroatoms. The van der Waals surface area contributed by atoms with Gasteiger partial charge in [-0.25, -0.2) is 9.18 Å². The van der Waals surface area contributed by atoms with Crippen LogP contribution in [0.15, 0.2) is 48.5 Å². The van der Waals surface area contributed by atoms with E-state index < -0.39 is 23.8 Å². The Hall–Kier alpha value is -2.89. The van der Waals surface area contributed by atoms with E-state index in [2.05, 4.69) is 5.32 Å². The molecule has 0 heterocycles. The summed E-state index contributed by atoms with van der Waals surface area (Å²) in [6.45, 7) is 1.48. The number of amides is 1. The van der Waals surface area contributed by atoms with Crippen molar-refractivity contribution in [3.8, 4) is 0 Å². The molecule has 0 aliphatic heterocycles. The number of carbonyl (C=O) groups is 2. The van der Waals surface area contributed by atoms with Crippen LogP contribution in [0.5, 0.6) is 0 Å². The van der Waals surface area contributed by atoms with Gasteiger partial charge in [-0.2, -0.15) is 0 Å². The molecule has 5 nitrogen and oxygen atoms in total. The summed E-state index contributed by atoms with van der Waals surface area (Å²) in [4.78, 5) is 25.9. The molecule has 0 aliphatic carbocycles. The lowest BCUT2D eigenvalue weighted by atomic mass is 10.2. The van der Waals surface area contributed by atoms with Crippen molar-refractivity contribution in [2.45, 2.75) is 13.0 Å². The van der Waals surface area contributed by atoms with Gasteiger partial charge in [0.1, 0.15) is 5.82 Å². The summed E-state index contributed by atoms with van der Waals surface area (Å²) < 4.78 is 17.9. The molecule has 0 aromatic heterocycles. The van der Waals surface area contributed by atoms with Gasteiger partial charge in [0.05, 0.1) is 5.56 Å². The molecule has 0 radical (unpaired) electrons. The van der Waals surface area contributed by atoms with E-state index in [4.69, 9.17) is 4.74 Å². The molecule has 0 aliphatic rings. The first-order valence-electron chi connectivity index (χ1n) is 7.41. The molecule has 2 aromatic carbocycles. The predicted molar refractivity (Wildman–Crippen MR) is 90.7 cm³/mol. The molecule has 2 aromatic rings. The van der Waals surface area contributed by atoms with Crippen LogP contribution >= 0.6 is 0 Å². The number of anilines is 2. The molecule has 0 fully saturated rings. The molecule has 1 N–H and O–H groups in total. The Balaban J connectivity index is 1.94. The van der Waals surface area contributed by atoms with Crippen molar-refractivity contribution < 1.29 is 18.7 Å². The van der Waals surface area contributed by atoms with E-state index in [1.807, 2.05) is 31.1 Å². The van der Waals surface area contributed by atoms with Crippen molar-refractivity contribution in [3.05, 3.63) is 59.9 Å². The standard InChI is InChI=1S/C18H19FN2O3/c1-12(24-18(23)13-4-6-14(19)7-5-13)17(22)20-15-8-10-16(11-9-15)21(2)3/h4-12H,1-3H3,(H,20,22)/t12-/m1/s1. The Morgan fingerprint density at radius 1 is 1.04 bits per heavy atom. The normalized spacial score (nSPS) is 11.5. The Morgan fingerprint density at radius 3 is 2.17 bits per heavy atom. The highest BCUT2D eigenvalue weighted by Gasteiger charge is 2.19. The lowest BCUT2D eigenvalue weighted by molar-refractivity contribution is -0.123. The summed E-state index contributed by atoms with van der Waals surface area (Å²) in [5.41, 5.74) is 1.80. The van der Waals surface area contributed by atoms with E-state index >= 15 is 0 Å². The van der Waals surface area contributed by atoms with Crippen molar-refractivity contribution in [1.82, 2.24) is 0 Å². The molecule has 126 valence electrons. The highest BCUT2D eigenvalue weighted by molar-refractivity contribution is 5.97. The van der Waals surface area contributed by atoms with Gasteiger partial charge in [0.25, 0.3) is 5.91 Å². The van der Waals surface area contributed by atoms with E-state index in [0.717, 1.165) is 17.8 Å². The van der Waals surface area contributed by atoms with Crippen LogP contribution in [0.25, 0.3) is 0 Å². The van der Waals surface area contributed by atoms with Crippen LogP contribution < -0.4 is 10.2 Å². The smallest absolute Gasteiger partial charge is 0.338 e. The van der Waals surface area contributed by atoms with Crippen LogP contribution in [-0.4, -0.2) is 32.1 Å². The Morgan fingerprint density at radius 2 is 1.62 bits per heavy atom. The number of hydrogen-bond acceptors (Lipinski definition) is 4. The maximum absolute atomic E-state index is 12.8. The molecule has 1 amide bonds. The van der Waals surface area contributed by atoms with Gasteiger partial charge in [0.2, 0.25) is 0 Å². The van der Waals surface area contributed by atoms with Crippen LogP contribution in [0.1, 0.15) is 17.3 Å². The van der Waals surface area contributed by atoms with Gasteiger partial charge in [-0.15, -0.1) is 0 Å². The Bertz CT molecular complexity index is 712. The number of nitrogens with one attached hydrogen (secondary N) is 1. The summed E-state index contributed by atoms with van der Waals surface area (Å²) in [5.74, 6) is -1.57. The van der Waals surface area contributed by atoms with Crippen molar-refractivity contribution in [1.29, 1.82) is 0 Å². The lowest BCUT2D eigenvalue weighted by Gasteiger charge is -2.15. The number of halogens is 1. The van der Waals surface area contributed by atoms with Crippen molar-refractivity contribution in [2.24, 2.45) is 0 Å². The molecular formula is C18H19FN2O3. The van der Waals surface area contributed by atoms with Crippen molar-refractivity contribution >= 4 is 23.3 Å². The van der Waals surface area contributed by atoms with Gasteiger partial charge in [0.15, 0.2) is 6.10 Å². The summed E-state index contributed by atoms with van der Waals surface area (Å²) >= 11 is 0. The maximum atomic E-state index is 12.8. The summed E-state index contributed by atoms with van der Waals surface area (Å²) in [6, 6.07) is 12.2. The SMILES string of the molecule is C[C@@H](OC(=O)c1ccc(F)cc1)C(=O)Nc1ccc(N(C)C)cc1. The van der Waals surface area contributed by atoms with Crippen LogP contribution in [0.2, 0.25) is 0 Å².